The first-order valence-electron chi connectivity index (χ1n) is 6.17. The van der Waals surface area contributed by atoms with E-state index in [-0.39, 0.29) is 12.1 Å². The lowest BCUT2D eigenvalue weighted by molar-refractivity contribution is -0.138. The molecule has 0 aliphatic carbocycles. The fourth-order valence-corrected chi connectivity index (χ4v) is 2.70. The normalized spacial score (nSPS) is 13.3. The van der Waals surface area contributed by atoms with Crippen LogP contribution in [0, 0.1) is 0 Å². The highest BCUT2D eigenvalue weighted by Gasteiger charge is 2.21. The number of hydrogen-bond donors (Lipinski definition) is 4. The number of benzene rings is 1. The average Bonchev–Trinajstić information content (AvgIpc) is 2.37. The molecule has 2 rings (SSSR count). The summed E-state index contributed by atoms with van der Waals surface area (Å²) in [7, 11) is -4.31. The maximum absolute atomic E-state index is 11.2. The molecule has 0 radical (unpaired) electrons. The van der Waals surface area contributed by atoms with Crippen LogP contribution in [0.4, 0.5) is 0 Å². The molecule has 1 atom stereocenters. The molecule has 0 saturated heterocycles. The summed E-state index contributed by atoms with van der Waals surface area (Å²) in [5, 5.41) is 9.64. The molecule has 1 aromatic carbocycles. The maximum atomic E-state index is 11.2. The molecule has 112 valence electrons. The van der Waals surface area contributed by atoms with Gasteiger partial charge in [0.15, 0.2) is 0 Å². The van der Waals surface area contributed by atoms with E-state index >= 15 is 0 Å². The number of fused-ring (bicyclic) bond motifs is 1. The molecule has 0 spiro atoms. The summed E-state index contributed by atoms with van der Waals surface area (Å²) in [6, 6.07) is 7.60. The molecule has 0 bridgehead atoms. The lowest BCUT2D eigenvalue weighted by Gasteiger charge is -2.13. The topological polar surface area (TPSA) is 134 Å². The van der Waals surface area contributed by atoms with Crippen molar-refractivity contribution in [2.24, 2.45) is 5.73 Å². The molecule has 0 fully saturated rings. The van der Waals surface area contributed by atoms with Gasteiger partial charge in [-0.3, -0.25) is 14.3 Å². The highest BCUT2D eigenvalue weighted by Crippen LogP contribution is 2.39. The van der Waals surface area contributed by atoms with Crippen molar-refractivity contribution in [2.45, 2.75) is 18.6 Å². The molecular weight excluding hydrogens is 295 g/mol. The Kier molecular flexibility index (Phi) is 4.39. The third-order valence-electron chi connectivity index (χ3n) is 3.01. The molecule has 0 saturated carbocycles. The van der Waals surface area contributed by atoms with E-state index in [9.17, 15) is 9.36 Å². The molecule has 1 aromatic heterocycles. The molecule has 8 heteroatoms. The third-order valence-corrected chi connectivity index (χ3v) is 3.72. The molecule has 0 aliphatic heterocycles. The molecule has 7 nitrogen and oxygen atoms in total. The van der Waals surface area contributed by atoms with E-state index in [2.05, 4.69) is 4.98 Å². The van der Waals surface area contributed by atoms with Crippen molar-refractivity contribution in [3.05, 3.63) is 41.6 Å². The van der Waals surface area contributed by atoms with Gasteiger partial charge < -0.3 is 20.6 Å². The quantitative estimate of drug-likeness (QED) is 0.602. The maximum Gasteiger partial charge on any atom is 0.331 e. The van der Waals surface area contributed by atoms with Crippen LogP contribution in [0.5, 0.6) is 0 Å². The highest BCUT2D eigenvalue weighted by molar-refractivity contribution is 7.50. The van der Waals surface area contributed by atoms with E-state index in [1.54, 1.807) is 30.3 Å². The van der Waals surface area contributed by atoms with Crippen LogP contribution in [0.2, 0.25) is 0 Å². The van der Waals surface area contributed by atoms with Crippen LogP contribution < -0.4 is 5.73 Å². The average molecular weight is 310 g/mol. The summed E-state index contributed by atoms with van der Waals surface area (Å²) in [4.78, 5) is 33.4. The van der Waals surface area contributed by atoms with Gasteiger partial charge in [-0.05, 0) is 17.7 Å². The molecular formula is C13H15N2O5P. The summed E-state index contributed by atoms with van der Waals surface area (Å²) < 4.78 is 11.2. The zero-order valence-corrected chi connectivity index (χ0v) is 11.9. The molecule has 0 amide bonds. The smallest absolute Gasteiger partial charge is 0.331 e. The standard InChI is InChI=1S/C13H15N2O5P/c14-10(13(16)17)6-9-5-8-3-1-2-4-11(8)15-12(9)7-21(18,19)20/h1-5,10H,6-7,14H2,(H,16,17)(H2,18,19,20). The van der Waals surface area contributed by atoms with Crippen molar-refractivity contribution in [1.82, 2.24) is 4.98 Å². The van der Waals surface area contributed by atoms with Crippen molar-refractivity contribution in [3.63, 3.8) is 0 Å². The minimum atomic E-state index is -4.31. The van der Waals surface area contributed by atoms with Crippen LogP contribution in [-0.2, 0) is 21.9 Å². The minimum absolute atomic E-state index is 0.0392. The second-order valence-corrected chi connectivity index (χ2v) is 6.40. The van der Waals surface area contributed by atoms with Crippen molar-refractivity contribution >= 4 is 24.5 Å². The fraction of sp³-hybridized carbons (Fsp3) is 0.231. The first-order valence-corrected chi connectivity index (χ1v) is 7.96. The van der Waals surface area contributed by atoms with Crippen LogP contribution in [0.1, 0.15) is 11.3 Å². The van der Waals surface area contributed by atoms with Crippen LogP contribution in [0.3, 0.4) is 0 Å². The number of aliphatic carboxylic acids is 1. The summed E-state index contributed by atoms with van der Waals surface area (Å²) >= 11 is 0. The number of aromatic nitrogens is 1. The number of nitrogens with two attached hydrogens (primary N) is 1. The fourth-order valence-electron chi connectivity index (χ4n) is 2.03. The number of carbonyl (C=O) groups is 1. The van der Waals surface area contributed by atoms with Crippen LogP contribution in [-0.4, -0.2) is 31.9 Å². The van der Waals surface area contributed by atoms with Gasteiger partial charge in [0, 0.05) is 11.8 Å². The zero-order valence-electron chi connectivity index (χ0n) is 11.0. The second kappa shape index (κ2) is 5.91. The van der Waals surface area contributed by atoms with Gasteiger partial charge in [-0.25, -0.2) is 0 Å². The van der Waals surface area contributed by atoms with Gasteiger partial charge in [0.1, 0.15) is 6.04 Å². The van der Waals surface area contributed by atoms with Crippen LogP contribution in [0.25, 0.3) is 10.9 Å². The molecule has 1 heterocycles. The van der Waals surface area contributed by atoms with Crippen molar-refractivity contribution in [1.29, 1.82) is 0 Å². The first kappa shape index (κ1) is 15.6. The van der Waals surface area contributed by atoms with E-state index in [0.717, 1.165) is 5.39 Å². The molecule has 0 aliphatic rings. The van der Waals surface area contributed by atoms with Gasteiger partial charge in [-0.2, -0.15) is 0 Å². The summed E-state index contributed by atoms with van der Waals surface area (Å²) in [6.45, 7) is 0. The van der Waals surface area contributed by atoms with E-state index in [1.807, 2.05) is 0 Å². The largest absolute Gasteiger partial charge is 0.480 e. The number of pyridine rings is 1. The Balaban J connectivity index is 2.50. The Labute approximate surface area is 120 Å². The second-order valence-electron chi connectivity index (χ2n) is 4.76. The summed E-state index contributed by atoms with van der Waals surface area (Å²) in [6.07, 6.45) is -0.581. The Morgan fingerprint density at radius 3 is 2.62 bits per heavy atom. The van der Waals surface area contributed by atoms with Crippen LogP contribution in [0.15, 0.2) is 30.3 Å². The Morgan fingerprint density at radius 1 is 1.33 bits per heavy atom. The molecule has 1 unspecified atom stereocenters. The third kappa shape index (κ3) is 4.09. The number of carboxylic acid groups (broad SMARTS) is 1. The SMILES string of the molecule is NC(Cc1cc2ccccc2nc1CP(=O)(O)O)C(=O)O. The number of para-hydroxylation sites is 1. The Morgan fingerprint density at radius 2 is 2.00 bits per heavy atom. The van der Waals surface area contributed by atoms with Gasteiger partial charge >= 0.3 is 13.6 Å². The number of nitrogens with zero attached hydrogens (tertiary/aromatic N) is 1. The minimum Gasteiger partial charge on any atom is -0.480 e. The Hall–Kier alpha value is -1.79. The van der Waals surface area contributed by atoms with Crippen molar-refractivity contribution in [2.75, 3.05) is 0 Å². The van der Waals surface area contributed by atoms with Crippen molar-refractivity contribution < 1.29 is 24.3 Å². The number of rotatable bonds is 5. The van der Waals surface area contributed by atoms with Gasteiger partial charge in [0.25, 0.3) is 0 Å². The number of carboxylic acids is 1. The predicted octanol–water partition coefficient (Wildman–Crippen LogP) is 0.867. The highest BCUT2D eigenvalue weighted by atomic mass is 31.2. The monoisotopic (exact) mass is 310 g/mol. The van der Waals surface area contributed by atoms with Gasteiger partial charge in [0.05, 0.1) is 17.4 Å². The van der Waals surface area contributed by atoms with E-state index in [1.165, 1.54) is 0 Å². The zero-order chi connectivity index (χ0) is 15.6. The molecule has 2 aromatic rings. The number of hydrogen-bond acceptors (Lipinski definition) is 4. The van der Waals surface area contributed by atoms with Crippen molar-refractivity contribution in [3.8, 4) is 0 Å². The van der Waals surface area contributed by atoms with Gasteiger partial charge in [0.2, 0.25) is 0 Å². The molecule has 5 N–H and O–H groups in total. The lowest BCUT2D eigenvalue weighted by atomic mass is 10.0. The lowest BCUT2D eigenvalue weighted by Crippen LogP contribution is -2.32. The van der Waals surface area contributed by atoms with E-state index in [0.29, 0.717) is 11.1 Å². The van der Waals surface area contributed by atoms with Gasteiger partial charge in [-0.1, -0.05) is 18.2 Å². The van der Waals surface area contributed by atoms with E-state index < -0.39 is 25.8 Å². The predicted molar refractivity (Wildman–Crippen MR) is 76.8 cm³/mol. The van der Waals surface area contributed by atoms with Crippen LogP contribution >= 0.6 is 7.60 Å². The Bertz CT molecular complexity index is 728. The van der Waals surface area contributed by atoms with Gasteiger partial charge in [-0.15, -0.1) is 0 Å². The summed E-state index contributed by atoms with van der Waals surface area (Å²) in [5.74, 6) is -1.18. The molecule has 21 heavy (non-hydrogen) atoms. The van der Waals surface area contributed by atoms with E-state index in [4.69, 9.17) is 20.6 Å². The first-order chi connectivity index (χ1) is 9.76. The summed E-state index contributed by atoms with van der Waals surface area (Å²) in [5.41, 5.74) is 6.71.